The van der Waals surface area contributed by atoms with E-state index in [4.69, 9.17) is 10.1 Å². The Bertz CT molecular complexity index is 1250. The van der Waals surface area contributed by atoms with E-state index < -0.39 is 0 Å². The second kappa shape index (κ2) is 7.67. The number of nitrogens with one attached hydrogen (secondary N) is 1. The average Bonchev–Trinajstić information content (AvgIpc) is 3.40. The summed E-state index contributed by atoms with van der Waals surface area (Å²) in [5.74, 6) is 1.42. The Kier molecular flexibility index (Phi) is 4.64. The number of aromatic nitrogens is 4. The van der Waals surface area contributed by atoms with E-state index in [1.807, 2.05) is 16.6 Å². The van der Waals surface area contributed by atoms with E-state index in [1.165, 1.54) is 25.0 Å². The highest BCUT2D eigenvalue weighted by Crippen LogP contribution is 2.35. The fourth-order valence-electron chi connectivity index (χ4n) is 5.17. The first-order valence-corrected chi connectivity index (χ1v) is 11.2. The molecule has 32 heavy (non-hydrogen) atoms. The predicted molar refractivity (Wildman–Crippen MR) is 123 cm³/mol. The van der Waals surface area contributed by atoms with Gasteiger partial charge >= 0.3 is 0 Å². The number of aryl methyl sites for hydroxylation is 1. The van der Waals surface area contributed by atoms with E-state index in [1.54, 1.807) is 24.5 Å². The van der Waals surface area contributed by atoms with Crippen LogP contribution in [0.1, 0.15) is 18.4 Å². The van der Waals surface area contributed by atoms with Gasteiger partial charge in [0.25, 0.3) is 0 Å². The van der Waals surface area contributed by atoms with Gasteiger partial charge in [0.05, 0.1) is 5.69 Å². The van der Waals surface area contributed by atoms with Gasteiger partial charge in [0.2, 0.25) is 0 Å². The lowest BCUT2D eigenvalue weighted by Crippen LogP contribution is -2.40. The van der Waals surface area contributed by atoms with Crippen molar-refractivity contribution < 1.29 is 4.39 Å². The summed E-state index contributed by atoms with van der Waals surface area (Å²) in [7, 11) is 0. The monoisotopic (exact) mass is 428 g/mol. The zero-order valence-corrected chi connectivity index (χ0v) is 18.0. The molecule has 6 nitrogen and oxygen atoms in total. The average molecular weight is 429 g/mol. The fraction of sp³-hybridized carbons (Fsp3) is 0.320. The molecule has 1 aromatic carbocycles. The van der Waals surface area contributed by atoms with Gasteiger partial charge in [-0.1, -0.05) is 0 Å². The van der Waals surface area contributed by atoms with Crippen LogP contribution in [0.4, 0.5) is 10.2 Å². The Morgan fingerprint density at radius 2 is 1.84 bits per heavy atom. The van der Waals surface area contributed by atoms with E-state index in [2.05, 4.69) is 28.2 Å². The molecule has 2 saturated heterocycles. The third-order valence-electron chi connectivity index (χ3n) is 6.74. The number of halogens is 1. The van der Waals surface area contributed by atoms with Crippen molar-refractivity contribution >= 4 is 11.5 Å². The Morgan fingerprint density at radius 1 is 1.03 bits per heavy atom. The van der Waals surface area contributed by atoms with Crippen LogP contribution in [0.15, 0.2) is 54.9 Å². The van der Waals surface area contributed by atoms with Gasteiger partial charge in [-0.3, -0.25) is 4.98 Å². The largest absolute Gasteiger partial charge is 0.353 e. The highest BCUT2D eigenvalue weighted by molar-refractivity contribution is 5.82. The minimum atomic E-state index is -0.261. The summed E-state index contributed by atoms with van der Waals surface area (Å²) in [6.45, 7) is 5.22. The van der Waals surface area contributed by atoms with Gasteiger partial charge in [-0.05, 0) is 80.3 Å². The second-order valence-electron chi connectivity index (χ2n) is 8.84. The quantitative estimate of drug-likeness (QED) is 0.533. The van der Waals surface area contributed by atoms with Crippen LogP contribution in [0.3, 0.4) is 0 Å². The molecular weight excluding hydrogens is 403 g/mol. The standard InChI is InChI=1S/C25H25FN6/c1-16-13-22-29-23(17-4-6-20(26)7-5-17)24(18-8-11-27-12-9-18)32(22)30-25(16)31-14-19-3-2-10-28-21(19)15-31/h4-9,11-13,19,21,28H,2-3,10,14-15H2,1H3/t19-,21+/m1/s1. The van der Waals surface area contributed by atoms with E-state index in [0.717, 1.165) is 59.2 Å². The maximum absolute atomic E-state index is 13.6. The molecule has 0 bridgehead atoms. The lowest BCUT2D eigenvalue weighted by Gasteiger charge is -2.24. The highest BCUT2D eigenvalue weighted by atomic mass is 19.1. The number of benzene rings is 1. The second-order valence-corrected chi connectivity index (χ2v) is 8.84. The summed E-state index contributed by atoms with van der Waals surface area (Å²) in [5.41, 5.74) is 5.42. The van der Waals surface area contributed by atoms with Crippen molar-refractivity contribution in [2.75, 3.05) is 24.5 Å². The lowest BCUT2D eigenvalue weighted by atomic mass is 9.94. The van der Waals surface area contributed by atoms with Crippen LogP contribution in [0, 0.1) is 18.7 Å². The molecule has 7 heteroatoms. The first-order chi connectivity index (χ1) is 15.7. The Hall–Kier alpha value is -3.32. The SMILES string of the molecule is Cc1cc2nc(-c3ccc(F)cc3)c(-c3ccncc3)n2nc1N1C[C@H]2CCCN[C@H]2C1. The number of fused-ring (bicyclic) bond motifs is 2. The molecule has 0 unspecified atom stereocenters. The molecule has 0 aliphatic carbocycles. The van der Waals surface area contributed by atoms with Crippen molar-refractivity contribution in [2.45, 2.75) is 25.8 Å². The van der Waals surface area contributed by atoms with E-state index in [9.17, 15) is 4.39 Å². The van der Waals surface area contributed by atoms with Gasteiger partial charge < -0.3 is 10.2 Å². The van der Waals surface area contributed by atoms with Crippen LogP contribution in [-0.4, -0.2) is 45.3 Å². The predicted octanol–water partition coefficient (Wildman–Crippen LogP) is 4.09. The number of nitrogens with zero attached hydrogens (tertiary/aromatic N) is 5. The van der Waals surface area contributed by atoms with Gasteiger partial charge in [0.1, 0.15) is 11.5 Å². The van der Waals surface area contributed by atoms with Gasteiger partial charge in [-0.2, -0.15) is 0 Å². The summed E-state index contributed by atoms with van der Waals surface area (Å²) in [6, 6.07) is 13.1. The molecule has 2 atom stereocenters. The smallest absolute Gasteiger partial charge is 0.155 e. The lowest BCUT2D eigenvalue weighted by molar-refractivity contribution is 0.340. The van der Waals surface area contributed by atoms with Crippen molar-refractivity contribution in [2.24, 2.45) is 5.92 Å². The molecule has 162 valence electrons. The fourth-order valence-corrected chi connectivity index (χ4v) is 5.17. The zero-order valence-electron chi connectivity index (χ0n) is 18.0. The number of imidazole rings is 1. The number of hydrogen-bond acceptors (Lipinski definition) is 5. The molecule has 0 spiro atoms. The molecular formula is C25H25FN6. The third-order valence-corrected chi connectivity index (χ3v) is 6.74. The summed E-state index contributed by atoms with van der Waals surface area (Å²) >= 11 is 0. The summed E-state index contributed by atoms with van der Waals surface area (Å²) in [6.07, 6.45) is 6.07. The summed E-state index contributed by atoms with van der Waals surface area (Å²) in [5, 5.41) is 8.79. The first-order valence-electron chi connectivity index (χ1n) is 11.2. The van der Waals surface area contributed by atoms with Gasteiger partial charge in [0.15, 0.2) is 11.5 Å². The van der Waals surface area contributed by atoms with Crippen LogP contribution in [-0.2, 0) is 0 Å². The Balaban J connectivity index is 1.51. The van der Waals surface area contributed by atoms with Gasteiger partial charge in [0, 0.05) is 42.7 Å². The molecule has 5 heterocycles. The molecule has 2 fully saturated rings. The zero-order chi connectivity index (χ0) is 21.7. The molecule has 6 rings (SSSR count). The third kappa shape index (κ3) is 3.24. The van der Waals surface area contributed by atoms with Crippen molar-refractivity contribution in [3.8, 4) is 22.5 Å². The maximum Gasteiger partial charge on any atom is 0.155 e. The number of hydrogen-bond donors (Lipinski definition) is 1. The number of piperidine rings is 1. The summed E-state index contributed by atoms with van der Waals surface area (Å²) in [4.78, 5) is 11.5. The van der Waals surface area contributed by atoms with Crippen molar-refractivity contribution in [3.05, 3.63) is 66.2 Å². The molecule has 2 aliphatic rings. The van der Waals surface area contributed by atoms with Gasteiger partial charge in [-0.15, -0.1) is 5.10 Å². The molecule has 0 amide bonds. The van der Waals surface area contributed by atoms with Crippen LogP contribution in [0.2, 0.25) is 0 Å². The molecule has 0 saturated carbocycles. The Labute approximate surface area is 186 Å². The molecule has 3 aromatic heterocycles. The topological polar surface area (TPSA) is 58.4 Å². The Morgan fingerprint density at radius 3 is 2.62 bits per heavy atom. The maximum atomic E-state index is 13.6. The first kappa shape index (κ1) is 19.4. The van der Waals surface area contributed by atoms with Crippen LogP contribution < -0.4 is 10.2 Å². The van der Waals surface area contributed by atoms with Crippen LogP contribution >= 0.6 is 0 Å². The van der Waals surface area contributed by atoms with E-state index in [0.29, 0.717) is 12.0 Å². The van der Waals surface area contributed by atoms with E-state index in [-0.39, 0.29) is 5.82 Å². The molecule has 4 aromatic rings. The van der Waals surface area contributed by atoms with Crippen LogP contribution in [0.5, 0.6) is 0 Å². The van der Waals surface area contributed by atoms with Crippen molar-refractivity contribution in [3.63, 3.8) is 0 Å². The minimum Gasteiger partial charge on any atom is -0.353 e. The van der Waals surface area contributed by atoms with Crippen molar-refractivity contribution in [1.82, 2.24) is 24.9 Å². The van der Waals surface area contributed by atoms with Crippen LogP contribution in [0.25, 0.3) is 28.2 Å². The van der Waals surface area contributed by atoms with E-state index >= 15 is 0 Å². The number of pyridine rings is 1. The summed E-state index contributed by atoms with van der Waals surface area (Å²) < 4.78 is 15.5. The van der Waals surface area contributed by atoms with Crippen molar-refractivity contribution in [1.29, 1.82) is 0 Å². The molecule has 0 radical (unpaired) electrons. The molecule has 1 N–H and O–H groups in total. The number of rotatable bonds is 3. The highest BCUT2D eigenvalue weighted by Gasteiger charge is 2.35. The van der Waals surface area contributed by atoms with Gasteiger partial charge in [-0.25, -0.2) is 13.9 Å². The number of anilines is 1. The normalized spacial score (nSPS) is 20.6. The molecule has 2 aliphatic heterocycles. The minimum absolute atomic E-state index is 0.261.